The van der Waals surface area contributed by atoms with Crippen molar-refractivity contribution < 1.29 is 4.74 Å². The van der Waals surface area contributed by atoms with E-state index >= 15 is 0 Å². The molecule has 2 rings (SSSR count). The largest absolute Gasteiger partial charge is 0.496 e. The molecule has 0 atom stereocenters. The van der Waals surface area contributed by atoms with Gasteiger partial charge in [-0.1, -0.05) is 0 Å². The quantitative estimate of drug-likeness (QED) is 0.847. The second-order valence-electron chi connectivity index (χ2n) is 4.79. The Morgan fingerprint density at radius 3 is 2.44 bits per heavy atom. The van der Waals surface area contributed by atoms with Gasteiger partial charge in [-0.15, -0.1) is 0 Å². The van der Waals surface area contributed by atoms with Crippen molar-refractivity contribution >= 4 is 5.69 Å². The molecule has 1 aliphatic rings. The number of methoxy groups -OCH3 is 1. The fourth-order valence-corrected chi connectivity index (χ4v) is 2.19. The van der Waals surface area contributed by atoms with Crippen molar-refractivity contribution in [1.29, 1.82) is 0 Å². The van der Waals surface area contributed by atoms with Gasteiger partial charge in [-0.3, -0.25) is 0 Å². The highest BCUT2D eigenvalue weighted by molar-refractivity contribution is 5.54. The summed E-state index contributed by atoms with van der Waals surface area (Å²) in [5.74, 6) is 0.910. The van der Waals surface area contributed by atoms with Crippen molar-refractivity contribution in [3.63, 3.8) is 0 Å². The Bertz CT molecular complexity index is 384. The third kappa shape index (κ3) is 1.76. The van der Waals surface area contributed by atoms with Crippen molar-refractivity contribution in [2.75, 3.05) is 26.1 Å². The van der Waals surface area contributed by atoms with Crippen LogP contribution in [0.1, 0.15) is 24.8 Å². The first-order valence-corrected chi connectivity index (χ1v) is 5.71. The van der Waals surface area contributed by atoms with Gasteiger partial charge in [-0.2, -0.15) is 0 Å². The minimum Gasteiger partial charge on any atom is -0.496 e. The van der Waals surface area contributed by atoms with Crippen molar-refractivity contribution in [2.45, 2.75) is 24.8 Å². The van der Waals surface area contributed by atoms with Gasteiger partial charge in [0.1, 0.15) is 5.75 Å². The van der Waals surface area contributed by atoms with Crippen LogP contribution in [0.5, 0.6) is 5.75 Å². The van der Waals surface area contributed by atoms with Crippen molar-refractivity contribution in [3.8, 4) is 5.75 Å². The molecule has 1 aliphatic carbocycles. The van der Waals surface area contributed by atoms with Crippen molar-refractivity contribution in [3.05, 3.63) is 23.8 Å². The molecule has 3 nitrogen and oxygen atoms in total. The van der Waals surface area contributed by atoms with Crippen LogP contribution in [0, 0.1) is 0 Å². The maximum Gasteiger partial charge on any atom is 0.124 e. The van der Waals surface area contributed by atoms with E-state index in [4.69, 9.17) is 10.5 Å². The summed E-state index contributed by atoms with van der Waals surface area (Å²) in [4.78, 5) is 2.09. The summed E-state index contributed by atoms with van der Waals surface area (Å²) in [6, 6.07) is 6.22. The van der Waals surface area contributed by atoms with Crippen LogP contribution in [0.3, 0.4) is 0 Å². The Hall–Kier alpha value is -1.22. The Labute approximate surface area is 97.2 Å². The van der Waals surface area contributed by atoms with E-state index < -0.39 is 0 Å². The average Bonchev–Trinajstić information content (AvgIpc) is 2.25. The van der Waals surface area contributed by atoms with Gasteiger partial charge < -0.3 is 15.4 Å². The maximum absolute atomic E-state index is 6.37. The summed E-state index contributed by atoms with van der Waals surface area (Å²) in [6.45, 7) is 0. The number of nitrogens with two attached hydrogens (primary N) is 1. The summed E-state index contributed by atoms with van der Waals surface area (Å²) in [6.07, 6.45) is 3.33. The number of rotatable bonds is 3. The van der Waals surface area contributed by atoms with Gasteiger partial charge in [0.2, 0.25) is 0 Å². The predicted octanol–water partition coefficient (Wildman–Crippen LogP) is 2.10. The fraction of sp³-hybridized carbons (Fsp3) is 0.538. The Balaban J connectivity index is 2.43. The molecule has 0 spiro atoms. The van der Waals surface area contributed by atoms with E-state index in [1.165, 1.54) is 12.1 Å². The highest BCUT2D eigenvalue weighted by Gasteiger charge is 2.36. The SMILES string of the molecule is COc1ccc(N(C)C)cc1C1(N)CCC1. The van der Waals surface area contributed by atoms with Crippen LogP contribution in [0.25, 0.3) is 0 Å². The van der Waals surface area contributed by atoms with Crippen LogP contribution in [-0.4, -0.2) is 21.2 Å². The van der Waals surface area contributed by atoms with E-state index in [1.54, 1.807) is 7.11 Å². The molecule has 0 aliphatic heterocycles. The number of benzene rings is 1. The standard InChI is InChI=1S/C13H20N2O/c1-15(2)10-5-6-12(16-3)11(9-10)13(14)7-4-8-13/h5-6,9H,4,7-8,14H2,1-3H3. The average molecular weight is 220 g/mol. The number of hydrogen-bond acceptors (Lipinski definition) is 3. The van der Waals surface area contributed by atoms with E-state index in [0.29, 0.717) is 0 Å². The summed E-state index contributed by atoms with van der Waals surface area (Å²) < 4.78 is 5.40. The van der Waals surface area contributed by atoms with Crippen LogP contribution in [0.4, 0.5) is 5.69 Å². The normalized spacial score (nSPS) is 17.8. The topological polar surface area (TPSA) is 38.5 Å². The van der Waals surface area contributed by atoms with Crippen LogP contribution >= 0.6 is 0 Å². The van der Waals surface area contributed by atoms with Gasteiger partial charge in [0.05, 0.1) is 7.11 Å². The Morgan fingerprint density at radius 2 is 2.00 bits per heavy atom. The molecule has 1 aromatic carbocycles. The monoisotopic (exact) mass is 220 g/mol. The molecule has 1 saturated carbocycles. The number of anilines is 1. The molecule has 3 heteroatoms. The molecule has 0 bridgehead atoms. The molecule has 0 heterocycles. The van der Waals surface area contributed by atoms with Crippen LogP contribution in [0.15, 0.2) is 18.2 Å². The minimum atomic E-state index is -0.169. The first-order chi connectivity index (χ1) is 7.57. The lowest BCUT2D eigenvalue weighted by Gasteiger charge is -2.39. The molecular weight excluding hydrogens is 200 g/mol. The number of nitrogens with zero attached hydrogens (tertiary/aromatic N) is 1. The maximum atomic E-state index is 6.37. The minimum absolute atomic E-state index is 0.169. The van der Waals surface area contributed by atoms with Gasteiger partial charge in [0.15, 0.2) is 0 Å². The fourth-order valence-electron chi connectivity index (χ4n) is 2.19. The second kappa shape index (κ2) is 3.98. The number of hydrogen-bond donors (Lipinski definition) is 1. The molecule has 88 valence electrons. The molecule has 2 N–H and O–H groups in total. The lowest BCUT2D eigenvalue weighted by atomic mass is 9.72. The summed E-state index contributed by atoms with van der Waals surface area (Å²) in [5.41, 5.74) is 8.52. The van der Waals surface area contributed by atoms with Crippen molar-refractivity contribution in [2.24, 2.45) is 5.73 Å². The van der Waals surface area contributed by atoms with Crippen molar-refractivity contribution in [1.82, 2.24) is 0 Å². The van der Waals surface area contributed by atoms with Crippen LogP contribution < -0.4 is 15.4 Å². The van der Waals surface area contributed by atoms with Gasteiger partial charge in [-0.05, 0) is 37.5 Å². The first-order valence-electron chi connectivity index (χ1n) is 5.71. The van der Waals surface area contributed by atoms with Gasteiger partial charge in [-0.25, -0.2) is 0 Å². The van der Waals surface area contributed by atoms with Crippen LogP contribution in [0.2, 0.25) is 0 Å². The lowest BCUT2D eigenvalue weighted by Crippen LogP contribution is -2.43. The van der Waals surface area contributed by atoms with E-state index in [2.05, 4.69) is 17.0 Å². The Kier molecular flexibility index (Phi) is 2.80. The predicted molar refractivity (Wildman–Crippen MR) is 67.0 cm³/mol. The van der Waals surface area contributed by atoms with Gasteiger partial charge >= 0.3 is 0 Å². The van der Waals surface area contributed by atoms with Gasteiger partial charge in [0, 0.05) is 30.9 Å². The highest BCUT2D eigenvalue weighted by atomic mass is 16.5. The van der Waals surface area contributed by atoms with E-state index in [1.807, 2.05) is 20.2 Å². The third-order valence-corrected chi connectivity index (χ3v) is 3.48. The van der Waals surface area contributed by atoms with E-state index in [-0.39, 0.29) is 5.54 Å². The molecule has 0 saturated heterocycles. The summed E-state index contributed by atoms with van der Waals surface area (Å²) in [7, 11) is 5.78. The zero-order valence-corrected chi connectivity index (χ0v) is 10.3. The van der Waals surface area contributed by atoms with Gasteiger partial charge in [0.25, 0.3) is 0 Å². The Morgan fingerprint density at radius 1 is 1.31 bits per heavy atom. The molecule has 1 aromatic rings. The smallest absolute Gasteiger partial charge is 0.124 e. The zero-order chi connectivity index (χ0) is 11.8. The van der Waals surface area contributed by atoms with E-state index in [0.717, 1.165) is 24.2 Å². The second-order valence-corrected chi connectivity index (χ2v) is 4.79. The summed E-state index contributed by atoms with van der Waals surface area (Å²) >= 11 is 0. The molecule has 1 fully saturated rings. The number of ether oxygens (including phenoxy) is 1. The molecular formula is C13H20N2O. The molecule has 0 amide bonds. The van der Waals surface area contributed by atoms with E-state index in [9.17, 15) is 0 Å². The van der Waals surface area contributed by atoms with Crippen LogP contribution in [-0.2, 0) is 5.54 Å². The first kappa shape index (κ1) is 11.3. The third-order valence-electron chi connectivity index (χ3n) is 3.48. The molecule has 0 radical (unpaired) electrons. The highest BCUT2D eigenvalue weighted by Crippen LogP contribution is 2.43. The molecule has 0 aromatic heterocycles. The summed E-state index contributed by atoms with van der Waals surface area (Å²) in [5, 5.41) is 0. The molecule has 0 unspecified atom stereocenters. The zero-order valence-electron chi connectivity index (χ0n) is 10.3. The molecule has 16 heavy (non-hydrogen) atoms. The lowest BCUT2D eigenvalue weighted by molar-refractivity contribution is 0.244.